The Morgan fingerprint density at radius 1 is 1.00 bits per heavy atom. The van der Waals surface area contributed by atoms with E-state index in [9.17, 15) is 14.4 Å². The number of carbonyl (C=O) groups is 3. The number of anilines is 2. The lowest BCUT2D eigenvalue weighted by atomic mass is 9.96. The molecule has 1 heterocycles. The largest absolute Gasteiger partial charge is 0.497 e. The Labute approximate surface area is 237 Å². The molecule has 0 saturated carbocycles. The van der Waals surface area contributed by atoms with Crippen LogP contribution in [-0.2, 0) is 22.4 Å². The second kappa shape index (κ2) is 13.7. The minimum atomic E-state index is -0.436. The SMILES string of the molecule is CCOC(=O)c1c(NC(=O)C(C)Sc2cccc(NC(=O)c3cccc(OC)c3)c2)sc2c1CCCCCC2. The number of carbonyl (C=O) groups excluding carboxylic acids is 3. The number of nitrogens with one attached hydrogen (secondary N) is 2. The van der Waals surface area contributed by atoms with Crippen LogP contribution in [-0.4, -0.2) is 36.8 Å². The van der Waals surface area contributed by atoms with Crippen molar-refractivity contribution in [3.05, 3.63) is 70.1 Å². The van der Waals surface area contributed by atoms with Crippen LogP contribution in [0.25, 0.3) is 0 Å². The van der Waals surface area contributed by atoms with Gasteiger partial charge in [0.15, 0.2) is 0 Å². The van der Waals surface area contributed by atoms with Crippen molar-refractivity contribution < 1.29 is 23.9 Å². The molecule has 0 spiro atoms. The number of thiophene rings is 1. The molecule has 2 amide bonds. The van der Waals surface area contributed by atoms with Crippen LogP contribution in [0.1, 0.15) is 70.7 Å². The molecule has 206 valence electrons. The van der Waals surface area contributed by atoms with E-state index in [2.05, 4.69) is 10.6 Å². The van der Waals surface area contributed by atoms with Gasteiger partial charge in [0.1, 0.15) is 10.8 Å². The molecule has 2 N–H and O–H groups in total. The summed E-state index contributed by atoms with van der Waals surface area (Å²) < 4.78 is 10.6. The summed E-state index contributed by atoms with van der Waals surface area (Å²) >= 11 is 2.89. The van der Waals surface area contributed by atoms with Gasteiger partial charge in [0.25, 0.3) is 5.91 Å². The van der Waals surface area contributed by atoms with Crippen LogP contribution in [0, 0.1) is 0 Å². The van der Waals surface area contributed by atoms with E-state index >= 15 is 0 Å². The van der Waals surface area contributed by atoms with Gasteiger partial charge >= 0.3 is 5.97 Å². The molecule has 0 fully saturated rings. The van der Waals surface area contributed by atoms with Crippen molar-refractivity contribution in [3.8, 4) is 5.75 Å². The standard InChI is InChI=1S/C30H34N2O5S2/c1-4-37-30(35)26-24-15-7-5-6-8-16-25(24)39-29(26)32-27(33)19(2)38-23-14-10-12-21(18-23)31-28(34)20-11-9-13-22(17-20)36-3/h9-14,17-19H,4-8,15-16H2,1-3H3,(H,31,34)(H,32,33). The smallest absolute Gasteiger partial charge is 0.341 e. The minimum absolute atomic E-state index is 0.189. The molecule has 7 nitrogen and oxygen atoms in total. The maximum atomic E-state index is 13.2. The number of aryl methyl sites for hydroxylation is 1. The molecule has 1 aromatic heterocycles. The summed E-state index contributed by atoms with van der Waals surface area (Å²) in [4.78, 5) is 40.9. The first-order valence-electron chi connectivity index (χ1n) is 13.2. The number of benzene rings is 2. The van der Waals surface area contributed by atoms with E-state index in [1.54, 1.807) is 44.4 Å². The van der Waals surface area contributed by atoms with Gasteiger partial charge in [-0.25, -0.2) is 4.79 Å². The van der Waals surface area contributed by atoms with Crippen LogP contribution in [0.15, 0.2) is 53.4 Å². The van der Waals surface area contributed by atoms with E-state index in [4.69, 9.17) is 9.47 Å². The van der Waals surface area contributed by atoms with Crippen LogP contribution in [0.5, 0.6) is 5.75 Å². The van der Waals surface area contributed by atoms with E-state index < -0.39 is 5.25 Å². The van der Waals surface area contributed by atoms with Crippen molar-refractivity contribution in [1.82, 2.24) is 0 Å². The van der Waals surface area contributed by atoms with Gasteiger partial charge in [-0.1, -0.05) is 25.0 Å². The number of hydrogen-bond acceptors (Lipinski definition) is 7. The zero-order valence-corrected chi connectivity index (χ0v) is 24.1. The number of hydrogen-bond donors (Lipinski definition) is 2. The van der Waals surface area contributed by atoms with Gasteiger partial charge in [-0.3, -0.25) is 9.59 Å². The van der Waals surface area contributed by atoms with Crippen molar-refractivity contribution in [3.63, 3.8) is 0 Å². The fourth-order valence-corrected chi connectivity index (χ4v) is 6.72. The van der Waals surface area contributed by atoms with E-state index in [1.807, 2.05) is 25.1 Å². The van der Waals surface area contributed by atoms with Gasteiger partial charge in [-0.15, -0.1) is 23.1 Å². The van der Waals surface area contributed by atoms with Gasteiger partial charge in [-0.2, -0.15) is 0 Å². The average molecular weight is 567 g/mol. The summed E-state index contributed by atoms with van der Waals surface area (Å²) in [5.74, 6) is -0.201. The molecule has 1 aliphatic carbocycles. The Morgan fingerprint density at radius 2 is 1.77 bits per heavy atom. The molecular weight excluding hydrogens is 532 g/mol. The van der Waals surface area contributed by atoms with E-state index in [-0.39, 0.29) is 24.4 Å². The third kappa shape index (κ3) is 7.42. The Morgan fingerprint density at radius 3 is 2.54 bits per heavy atom. The van der Waals surface area contributed by atoms with Crippen LogP contribution in [0.2, 0.25) is 0 Å². The van der Waals surface area contributed by atoms with Crippen LogP contribution in [0.4, 0.5) is 10.7 Å². The highest BCUT2D eigenvalue weighted by atomic mass is 32.2. The lowest BCUT2D eigenvalue weighted by Crippen LogP contribution is -2.23. The fraction of sp³-hybridized carbons (Fsp3) is 0.367. The molecule has 0 saturated heterocycles. The Balaban J connectivity index is 1.45. The first-order chi connectivity index (χ1) is 18.9. The van der Waals surface area contributed by atoms with Gasteiger partial charge < -0.3 is 20.1 Å². The number of amides is 2. The third-order valence-corrected chi connectivity index (χ3v) is 8.79. The fourth-order valence-electron chi connectivity index (χ4n) is 4.51. The van der Waals surface area contributed by atoms with Crippen molar-refractivity contribution >= 4 is 51.6 Å². The highest BCUT2D eigenvalue weighted by Crippen LogP contribution is 2.38. The van der Waals surface area contributed by atoms with Crippen molar-refractivity contribution in [1.29, 1.82) is 0 Å². The number of rotatable bonds is 9. The third-order valence-electron chi connectivity index (χ3n) is 6.49. The second-order valence-corrected chi connectivity index (χ2v) is 11.8. The van der Waals surface area contributed by atoms with Crippen molar-refractivity contribution in [2.24, 2.45) is 0 Å². The van der Waals surface area contributed by atoms with Gasteiger partial charge in [0, 0.05) is 21.0 Å². The van der Waals surface area contributed by atoms with Crippen molar-refractivity contribution in [2.45, 2.75) is 62.5 Å². The van der Waals surface area contributed by atoms with Gasteiger partial charge in [-0.05, 0) is 81.5 Å². The van der Waals surface area contributed by atoms with Crippen LogP contribution >= 0.6 is 23.1 Å². The minimum Gasteiger partial charge on any atom is -0.497 e. The second-order valence-electron chi connectivity index (χ2n) is 9.31. The first-order valence-corrected chi connectivity index (χ1v) is 14.9. The quantitative estimate of drug-likeness (QED) is 0.215. The average Bonchev–Trinajstić information content (AvgIpc) is 3.24. The molecule has 4 rings (SSSR count). The first kappa shape index (κ1) is 28.7. The normalized spacial score (nSPS) is 13.8. The summed E-state index contributed by atoms with van der Waals surface area (Å²) in [6.45, 7) is 3.90. The van der Waals surface area contributed by atoms with Crippen LogP contribution in [0.3, 0.4) is 0 Å². The molecule has 3 aromatic rings. The number of esters is 1. The summed E-state index contributed by atoms with van der Waals surface area (Å²) in [5, 5.41) is 6.07. The maximum Gasteiger partial charge on any atom is 0.341 e. The zero-order chi connectivity index (χ0) is 27.8. The predicted octanol–water partition coefficient (Wildman–Crippen LogP) is 6.96. The number of fused-ring (bicyclic) bond motifs is 1. The van der Waals surface area contributed by atoms with E-state index in [1.165, 1.54) is 34.4 Å². The molecule has 1 atom stereocenters. The van der Waals surface area contributed by atoms with Crippen molar-refractivity contribution in [2.75, 3.05) is 24.4 Å². The van der Waals surface area contributed by atoms with Gasteiger partial charge in [0.2, 0.25) is 5.91 Å². The summed E-state index contributed by atoms with van der Waals surface area (Å²) in [6, 6.07) is 14.3. The Hall–Kier alpha value is -3.30. The molecule has 2 aromatic carbocycles. The maximum absolute atomic E-state index is 13.2. The molecule has 0 radical (unpaired) electrons. The monoisotopic (exact) mass is 566 g/mol. The molecular formula is C30H34N2O5S2. The number of ether oxygens (including phenoxy) is 2. The van der Waals surface area contributed by atoms with E-state index in [0.717, 1.165) is 42.6 Å². The molecule has 1 unspecified atom stereocenters. The highest BCUT2D eigenvalue weighted by molar-refractivity contribution is 8.00. The Bertz CT molecular complexity index is 1340. The topological polar surface area (TPSA) is 93.7 Å². The summed E-state index contributed by atoms with van der Waals surface area (Å²) in [5.41, 5.74) is 2.67. The number of methoxy groups -OCH3 is 1. The zero-order valence-electron chi connectivity index (χ0n) is 22.5. The van der Waals surface area contributed by atoms with Crippen LogP contribution < -0.4 is 15.4 Å². The molecule has 1 aliphatic rings. The summed E-state index contributed by atoms with van der Waals surface area (Å²) in [7, 11) is 1.56. The predicted molar refractivity (Wildman–Crippen MR) is 157 cm³/mol. The molecule has 39 heavy (non-hydrogen) atoms. The molecule has 0 bridgehead atoms. The van der Waals surface area contributed by atoms with Gasteiger partial charge in [0.05, 0.1) is 24.5 Å². The lowest BCUT2D eigenvalue weighted by molar-refractivity contribution is -0.115. The highest BCUT2D eigenvalue weighted by Gasteiger charge is 2.27. The molecule has 9 heteroatoms. The molecule has 0 aliphatic heterocycles. The number of thioether (sulfide) groups is 1. The Kier molecular flexibility index (Phi) is 10.1. The summed E-state index contributed by atoms with van der Waals surface area (Å²) in [6.07, 6.45) is 6.18. The van der Waals surface area contributed by atoms with E-state index in [0.29, 0.717) is 27.6 Å². The lowest BCUT2D eigenvalue weighted by Gasteiger charge is -2.14.